The molecule has 2 aromatic heterocycles. The molecule has 0 spiro atoms. The lowest BCUT2D eigenvalue weighted by Gasteiger charge is -2.18. The van der Waals surface area contributed by atoms with Gasteiger partial charge in [0.25, 0.3) is 5.95 Å². The minimum absolute atomic E-state index is 0.00543. The van der Waals surface area contributed by atoms with E-state index >= 15 is 0 Å². The molecule has 0 atom stereocenters. The van der Waals surface area contributed by atoms with Crippen molar-refractivity contribution >= 4 is 12.0 Å². The molecule has 0 bridgehead atoms. The van der Waals surface area contributed by atoms with Crippen LogP contribution in [0.3, 0.4) is 0 Å². The van der Waals surface area contributed by atoms with E-state index in [-0.39, 0.29) is 11.6 Å². The van der Waals surface area contributed by atoms with Gasteiger partial charge in [0.1, 0.15) is 0 Å². The van der Waals surface area contributed by atoms with Crippen molar-refractivity contribution < 1.29 is 4.42 Å². The highest BCUT2D eigenvalue weighted by molar-refractivity contribution is 5.37. The van der Waals surface area contributed by atoms with Gasteiger partial charge in [-0.05, 0) is 20.8 Å². The smallest absolute Gasteiger partial charge is 0.322 e. The molecule has 0 aliphatic carbocycles. The quantitative estimate of drug-likeness (QED) is 0.823. The lowest BCUT2D eigenvalue weighted by Crippen LogP contribution is -2.35. The topological polar surface area (TPSA) is 102 Å². The molecule has 8 nitrogen and oxygen atoms in total. The number of rotatable bonds is 4. The highest BCUT2D eigenvalue weighted by atomic mass is 16.4. The molecule has 0 unspecified atom stereocenters. The Morgan fingerprint density at radius 2 is 2.00 bits per heavy atom. The van der Waals surface area contributed by atoms with E-state index in [1.54, 1.807) is 0 Å². The molecule has 0 aromatic carbocycles. The van der Waals surface area contributed by atoms with Crippen LogP contribution in [0, 0.1) is 0 Å². The number of hydrogen-bond donors (Lipinski definition) is 2. The molecular weight excluding hydrogens is 234 g/mol. The average molecular weight is 249 g/mol. The van der Waals surface area contributed by atoms with E-state index in [1.165, 1.54) is 12.4 Å². The first kappa shape index (κ1) is 12.4. The van der Waals surface area contributed by atoms with Gasteiger partial charge in [0.2, 0.25) is 5.89 Å². The van der Waals surface area contributed by atoms with Gasteiger partial charge in [-0.2, -0.15) is 5.10 Å². The molecule has 0 saturated heterocycles. The number of nitrogens with one attached hydrogen (secondary N) is 2. The number of anilines is 2. The van der Waals surface area contributed by atoms with Crippen LogP contribution in [0.2, 0.25) is 0 Å². The standard InChI is InChI=1S/C10H15N7O/c1-10(2,3)12-6-7-15-17-9(18-7)14-8-11-4-5-13-16-8/h4-5,12H,6H2,1-3H3,(H,11,14,16,17). The van der Waals surface area contributed by atoms with Crippen molar-refractivity contribution in [1.29, 1.82) is 0 Å². The third-order valence-corrected chi connectivity index (χ3v) is 1.94. The van der Waals surface area contributed by atoms with E-state index in [0.717, 1.165) is 0 Å². The van der Waals surface area contributed by atoms with E-state index in [2.05, 4.69) is 56.8 Å². The Hall–Kier alpha value is -2.09. The first-order chi connectivity index (χ1) is 8.53. The first-order valence-electron chi connectivity index (χ1n) is 5.51. The van der Waals surface area contributed by atoms with Crippen LogP contribution in [-0.4, -0.2) is 30.9 Å². The third kappa shape index (κ3) is 3.74. The SMILES string of the molecule is CC(C)(C)NCc1nnc(Nc2nccnn2)o1. The highest BCUT2D eigenvalue weighted by Gasteiger charge is 2.12. The molecule has 8 heteroatoms. The van der Waals surface area contributed by atoms with Crippen molar-refractivity contribution in [3.05, 3.63) is 18.3 Å². The van der Waals surface area contributed by atoms with Crippen molar-refractivity contribution in [3.8, 4) is 0 Å². The summed E-state index contributed by atoms with van der Waals surface area (Å²) in [5.41, 5.74) is -0.00543. The fourth-order valence-electron chi connectivity index (χ4n) is 1.12. The van der Waals surface area contributed by atoms with E-state index in [9.17, 15) is 0 Å². The Kier molecular flexibility index (Phi) is 3.47. The van der Waals surface area contributed by atoms with Crippen LogP contribution in [0.25, 0.3) is 0 Å². The molecule has 0 aliphatic heterocycles. The fourth-order valence-corrected chi connectivity index (χ4v) is 1.12. The van der Waals surface area contributed by atoms with Gasteiger partial charge in [-0.3, -0.25) is 5.32 Å². The summed E-state index contributed by atoms with van der Waals surface area (Å²) in [6.07, 6.45) is 3.01. The van der Waals surface area contributed by atoms with Gasteiger partial charge in [-0.1, -0.05) is 5.10 Å². The predicted molar refractivity (Wildman–Crippen MR) is 64.0 cm³/mol. The summed E-state index contributed by atoms with van der Waals surface area (Å²) in [6, 6.07) is 0.244. The predicted octanol–water partition coefficient (Wildman–Crippen LogP) is 0.886. The van der Waals surface area contributed by atoms with Crippen LogP contribution in [0.15, 0.2) is 16.8 Å². The van der Waals surface area contributed by atoms with Crippen molar-refractivity contribution in [2.45, 2.75) is 32.9 Å². The zero-order valence-corrected chi connectivity index (χ0v) is 10.5. The summed E-state index contributed by atoms with van der Waals surface area (Å²) >= 11 is 0. The molecule has 0 fully saturated rings. The molecular formula is C10H15N7O. The number of hydrogen-bond acceptors (Lipinski definition) is 8. The second kappa shape index (κ2) is 5.05. The van der Waals surface area contributed by atoms with Crippen LogP contribution in [0.1, 0.15) is 26.7 Å². The summed E-state index contributed by atoms with van der Waals surface area (Å²) in [4.78, 5) is 3.94. The van der Waals surface area contributed by atoms with Crippen LogP contribution in [-0.2, 0) is 6.54 Å². The Morgan fingerprint density at radius 3 is 2.67 bits per heavy atom. The Balaban J connectivity index is 1.94. The van der Waals surface area contributed by atoms with E-state index in [4.69, 9.17) is 4.42 Å². The zero-order chi connectivity index (χ0) is 13.0. The molecule has 2 rings (SSSR count). The zero-order valence-electron chi connectivity index (χ0n) is 10.5. The molecule has 0 saturated carbocycles. The normalized spacial score (nSPS) is 11.5. The van der Waals surface area contributed by atoms with Gasteiger partial charge in [0.05, 0.1) is 18.9 Å². The lowest BCUT2D eigenvalue weighted by molar-refractivity contribution is 0.384. The molecule has 18 heavy (non-hydrogen) atoms. The number of aromatic nitrogens is 5. The van der Waals surface area contributed by atoms with Gasteiger partial charge in [0.15, 0.2) is 0 Å². The van der Waals surface area contributed by atoms with Crippen LogP contribution in [0.5, 0.6) is 0 Å². The summed E-state index contributed by atoms with van der Waals surface area (Å²) in [5, 5.41) is 21.2. The molecule has 0 radical (unpaired) electrons. The maximum Gasteiger partial charge on any atom is 0.322 e. The molecule has 2 N–H and O–H groups in total. The molecule has 2 aromatic rings. The average Bonchev–Trinajstić information content (AvgIpc) is 2.75. The minimum Gasteiger partial charge on any atom is -0.406 e. The second-order valence-electron chi connectivity index (χ2n) is 4.70. The first-order valence-corrected chi connectivity index (χ1v) is 5.51. The van der Waals surface area contributed by atoms with Crippen LogP contribution >= 0.6 is 0 Å². The van der Waals surface area contributed by atoms with E-state index < -0.39 is 0 Å². The summed E-state index contributed by atoms with van der Waals surface area (Å²) in [7, 11) is 0. The van der Waals surface area contributed by atoms with Crippen LogP contribution in [0.4, 0.5) is 12.0 Å². The minimum atomic E-state index is -0.00543. The van der Waals surface area contributed by atoms with Gasteiger partial charge in [0, 0.05) is 5.54 Å². The second-order valence-corrected chi connectivity index (χ2v) is 4.70. The monoisotopic (exact) mass is 249 g/mol. The van der Waals surface area contributed by atoms with Crippen molar-refractivity contribution in [2.75, 3.05) is 5.32 Å². The lowest BCUT2D eigenvalue weighted by atomic mass is 10.1. The van der Waals surface area contributed by atoms with Gasteiger partial charge >= 0.3 is 6.01 Å². The van der Waals surface area contributed by atoms with Gasteiger partial charge < -0.3 is 9.73 Å². The van der Waals surface area contributed by atoms with Crippen molar-refractivity contribution in [3.63, 3.8) is 0 Å². The Bertz CT molecular complexity index is 490. The maximum absolute atomic E-state index is 5.38. The van der Waals surface area contributed by atoms with E-state index in [0.29, 0.717) is 18.4 Å². The third-order valence-electron chi connectivity index (χ3n) is 1.94. The van der Waals surface area contributed by atoms with Gasteiger partial charge in [-0.25, -0.2) is 4.98 Å². The van der Waals surface area contributed by atoms with Crippen molar-refractivity contribution in [2.24, 2.45) is 0 Å². The molecule has 0 amide bonds. The van der Waals surface area contributed by atoms with Crippen molar-refractivity contribution in [1.82, 2.24) is 30.7 Å². The molecule has 2 heterocycles. The summed E-state index contributed by atoms with van der Waals surface area (Å²) in [6.45, 7) is 6.69. The Morgan fingerprint density at radius 1 is 1.17 bits per heavy atom. The largest absolute Gasteiger partial charge is 0.406 e. The fraction of sp³-hybridized carbons (Fsp3) is 0.500. The van der Waals surface area contributed by atoms with Gasteiger partial charge in [-0.15, -0.1) is 10.2 Å². The maximum atomic E-state index is 5.38. The molecule has 0 aliphatic rings. The summed E-state index contributed by atoms with van der Waals surface area (Å²) < 4.78 is 5.38. The summed E-state index contributed by atoms with van der Waals surface area (Å²) in [5.74, 6) is 0.813. The van der Waals surface area contributed by atoms with E-state index in [1.807, 2.05) is 0 Å². The number of nitrogens with zero attached hydrogens (tertiary/aromatic N) is 5. The highest BCUT2D eigenvalue weighted by Crippen LogP contribution is 2.10. The van der Waals surface area contributed by atoms with Crippen LogP contribution < -0.4 is 10.6 Å². The Labute approximate surface area is 104 Å². The molecule has 96 valence electrons.